The van der Waals surface area contributed by atoms with E-state index in [1.54, 1.807) is 26.0 Å². The van der Waals surface area contributed by atoms with Crippen LogP contribution in [-0.4, -0.2) is 37.3 Å². The van der Waals surface area contributed by atoms with Crippen molar-refractivity contribution in [2.45, 2.75) is 31.7 Å². The molecule has 1 saturated heterocycles. The van der Waals surface area contributed by atoms with Crippen LogP contribution in [0, 0.1) is 0 Å². The highest BCUT2D eigenvalue weighted by molar-refractivity contribution is 7.88. The molecule has 6 nitrogen and oxygen atoms in total. The van der Waals surface area contributed by atoms with Crippen LogP contribution in [0.3, 0.4) is 0 Å². The molecule has 0 bridgehead atoms. The molecule has 21 heavy (non-hydrogen) atoms. The van der Waals surface area contributed by atoms with Crippen LogP contribution in [0.25, 0.3) is 0 Å². The van der Waals surface area contributed by atoms with Crippen molar-refractivity contribution in [3.05, 3.63) is 35.4 Å². The zero-order chi connectivity index (χ0) is 15.7. The number of piperazine rings is 1. The van der Waals surface area contributed by atoms with E-state index in [1.807, 2.05) is 12.1 Å². The average Bonchev–Trinajstić information content (AvgIpc) is 2.42. The Labute approximate surface area is 125 Å². The normalized spacial score (nSPS) is 19.3. The third kappa shape index (κ3) is 3.25. The Hall–Kier alpha value is -1.44. The molecule has 0 radical (unpaired) electrons. The minimum atomic E-state index is -3.56. The smallest absolute Gasteiger partial charge is 0.241 e. The standard InChI is InChI=1S/C14H21N3O3S/c1-14(2)13(18)16-7-8-17(14)21(19,20)10-12-5-3-11(9-15)4-6-12/h3-6H,7-10,15H2,1-2H3,(H,16,18). The summed E-state index contributed by atoms with van der Waals surface area (Å²) in [5.41, 5.74) is 6.10. The van der Waals surface area contributed by atoms with Gasteiger partial charge in [-0.15, -0.1) is 0 Å². The first kappa shape index (κ1) is 15.9. The lowest BCUT2D eigenvalue weighted by molar-refractivity contribution is -0.131. The van der Waals surface area contributed by atoms with Gasteiger partial charge in [0.25, 0.3) is 0 Å². The van der Waals surface area contributed by atoms with Gasteiger partial charge in [0.1, 0.15) is 5.54 Å². The molecule has 3 N–H and O–H groups in total. The van der Waals surface area contributed by atoms with Gasteiger partial charge in [0.15, 0.2) is 0 Å². The summed E-state index contributed by atoms with van der Waals surface area (Å²) in [5, 5.41) is 2.69. The van der Waals surface area contributed by atoms with Crippen LogP contribution in [0.2, 0.25) is 0 Å². The van der Waals surface area contributed by atoms with E-state index in [-0.39, 0.29) is 11.7 Å². The summed E-state index contributed by atoms with van der Waals surface area (Å²) in [4.78, 5) is 11.9. The molecule has 2 rings (SSSR count). The first-order valence-electron chi connectivity index (χ1n) is 6.84. The van der Waals surface area contributed by atoms with Gasteiger partial charge in [-0.05, 0) is 25.0 Å². The fourth-order valence-corrected chi connectivity index (χ4v) is 4.34. The van der Waals surface area contributed by atoms with Crippen LogP contribution in [0.1, 0.15) is 25.0 Å². The van der Waals surface area contributed by atoms with Gasteiger partial charge in [-0.2, -0.15) is 4.31 Å². The summed E-state index contributed by atoms with van der Waals surface area (Å²) in [6.07, 6.45) is 0. The Morgan fingerprint density at radius 1 is 1.24 bits per heavy atom. The number of amides is 1. The Morgan fingerprint density at radius 2 is 1.81 bits per heavy atom. The summed E-state index contributed by atoms with van der Waals surface area (Å²) < 4.78 is 26.5. The number of nitrogens with two attached hydrogens (primary N) is 1. The highest BCUT2D eigenvalue weighted by Gasteiger charge is 2.44. The van der Waals surface area contributed by atoms with Crippen molar-refractivity contribution < 1.29 is 13.2 Å². The SMILES string of the molecule is CC1(C)C(=O)NCCN1S(=O)(=O)Cc1ccc(CN)cc1. The molecular formula is C14H21N3O3S. The molecule has 0 aromatic heterocycles. The van der Waals surface area contributed by atoms with Crippen LogP contribution >= 0.6 is 0 Å². The molecule has 0 atom stereocenters. The van der Waals surface area contributed by atoms with Crippen molar-refractivity contribution in [2.24, 2.45) is 5.73 Å². The van der Waals surface area contributed by atoms with E-state index in [4.69, 9.17) is 5.73 Å². The minimum absolute atomic E-state index is 0.117. The van der Waals surface area contributed by atoms with Gasteiger partial charge in [-0.25, -0.2) is 8.42 Å². The van der Waals surface area contributed by atoms with Gasteiger partial charge in [-0.3, -0.25) is 4.79 Å². The Kier molecular flexibility index (Phi) is 4.36. The lowest BCUT2D eigenvalue weighted by Gasteiger charge is -2.39. The maximum Gasteiger partial charge on any atom is 0.241 e. The van der Waals surface area contributed by atoms with Crippen LogP contribution in [-0.2, 0) is 27.1 Å². The number of rotatable bonds is 4. The molecule has 1 aliphatic heterocycles. The Bertz CT molecular complexity index is 623. The predicted molar refractivity (Wildman–Crippen MR) is 80.8 cm³/mol. The molecule has 1 amide bonds. The summed E-state index contributed by atoms with van der Waals surface area (Å²) >= 11 is 0. The number of sulfonamides is 1. The fraction of sp³-hybridized carbons (Fsp3) is 0.500. The minimum Gasteiger partial charge on any atom is -0.353 e. The number of nitrogens with zero attached hydrogens (tertiary/aromatic N) is 1. The molecule has 0 saturated carbocycles. The second-order valence-electron chi connectivity index (χ2n) is 5.66. The van der Waals surface area contributed by atoms with Crippen LogP contribution in [0.5, 0.6) is 0 Å². The monoisotopic (exact) mass is 311 g/mol. The lowest BCUT2D eigenvalue weighted by atomic mass is 10.0. The van der Waals surface area contributed by atoms with Gasteiger partial charge in [0, 0.05) is 19.6 Å². The van der Waals surface area contributed by atoms with Gasteiger partial charge < -0.3 is 11.1 Å². The highest BCUT2D eigenvalue weighted by atomic mass is 32.2. The van der Waals surface area contributed by atoms with Crippen molar-refractivity contribution >= 4 is 15.9 Å². The molecule has 1 fully saturated rings. The Morgan fingerprint density at radius 3 is 2.38 bits per heavy atom. The van der Waals surface area contributed by atoms with Crippen LogP contribution in [0.4, 0.5) is 0 Å². The quantitative estimate of drug-likeness (QED) is 0.830. The second-order valence-corrected chi connectivity index (χ2v) is 7.56. The third-order valence-corrected chi connectivity index (χ3v) is 5.73. The van der Waals surface area contributed by atoms with Gasteiger partial charge >= 0.3 is 0 Å². The van der Waals surface area contributed by atoms with Crippen molar-refractivity contribution in [3.63, 3.8) is 0 Å². The number of benzene rings is 1. The van der Waals surface area contributed by atoms with Crippen molar-refractivity contribution in [1.29, 1.82) is 0 Å². The number of hydrogen-bond donors (Lipinski definition) is 2. The average molecular weight is 311 g/mol. The summed E-state index contributed by atoms with van der Waals surface area (Å²) in [6.45, 7) is 4.30. The van der Waals surface area contributed by atoms with Crippen LogP contribution in [0.15, 0.2) is 24.3 Å². The summed E-state index contributed by atoms with van der Waals surface area (Å²) in [5.74, 6) is -0.384. The van der Waals surface area contributed by atoms with E-state index in [2.05, 4.69) is 5.32 Å². The second kappa shape index (κ2) is 5.75. The first-order valence-corrected chi connectivity index (χ1v) is 8.45. The van der Waals surface area contributed by atoms with E-state index in [0.29, 0.717) is 25.2 Å². The maximum absolute atomic E-state index is 12.6. The van der Waals surface area contributed by atoms with Crippen molar-refractivity contribution in [2.75, 3.05) is 13.1 Å². The molecular weight excluding hydrogens is 290 g/mol. The number of hydrogen-bond acceptors (Lipinski definition) is 4. The number of carbonyl (C=O) groups excluding carboxylic acids is 1. The van der Waals surface area contributed by atoms with E-state index in [1.165, 1.54) is 4.31 Å². The summed E-state index contributed by atoms with van der Waals surface area (Å²) in [6, 6.07) is 7.16. The van der Waals surface area contributed by atoms with Gasteiger partial charge in [-0.1, -0.05) is 24.3 Å². The van der Waals surface area contributed by atoms with E-state index in [0.717, 1.165) is 5.56 Å². The predicted octanol–water partition coefficient (Wildman–Crippen LogP) is 0.186. The first-order chi connectivity index (χ1) is 9.77. The third-order valence-electron chi connectivity index (χ3n) is 3.72. The Balaban J connectivity index is 2.22. The van der Waals surface area contributed by atoms with Gasteiger partial charge in [0.05, 0.1) is 5.75 Å². The fourth-order valence-electron chi connectivity index (χ4n) is 2.43. The summed E-state index contributed by atoms with van der Waals surface area (Å²) in [7, 11) is -3.56. The molecule has 1 aromatic rings. The maximum atomic E-state index is 12.6. The number of carbonyl (C=O) groups is 1. The lowest BCUT2D eigenvalue weighted by Crippen LogP contribution is -2.63. The molecule has 1 aromatic carbocycles. The zero-order valence-corrected chi connectivity index (χ0v) is 13.1. The van der Waals surface area contributed by atoms with E-state index in [9.17, 15) is 13.2 Å². The molecule has 1 aliphatic rings. The molecule has 7 heteroatoms. The largest absolute Gasteiger partial charge is 0.353 e. The molecule has 1 heterocycles. The molecule has 0 unspecified atom stereocenters. The van der Waals surface area contributed by atoms with Crippen LogP contribution < -0.4 is 11.1 Å². The van der Waals surface area contributed by atoms with Crippen molar-refractivity contribution in [1.82, 2.24) is 9.62 Å². The van der Waals surface area contributed by atoms with E-state index < -0.39 is 15.6 Å². The molecule has 116 valence electrons. The topological polar surface area (TPSA) is 92.5 Å². The molecule has 0 aliphatic carbocycles. The highest BCUT2D eigenvalue weighted by Crippen LogP contribution is 2.24. The number of nitrogens with one attached hydrogen (secondary N) is 1. The van der Waals surface area contributed by atoms with E-state index >= 15 is 0 Å². The van der Waals surface area contributed by atoms with Crippen molar-refractivity contribution in [3.8, 4) is 0 Å². The van der Waals surface area contributed by atoms with Gasteiger partial charge in [0.2, 0.25) is 15.9 Å². The molecule has 0 spiro atoms. The zero-order valence-electron chi connectivity index (χ0n) is 12.3.